The highest BCUT2D eigenvalue weighted by Gasteiger charge is 2.12. The number of hydrogen-bond donors (Lipinski definition) is 2. The van der Waals surface area contributed by atoms with Crippen molar-refractivity contribution in [2.24, 2.45) is 0 Å². The van der Waals surface area contributed by atoms with Crippen molar-refractivity contribution in [3.05, 3.63) is 35.9 Å². The van der Waals surface area contributed by atoms with E-state index in [4.69, 9.17) is 9.84 Å². The van der Waals surface area contributed by atoms with Crippen LogP contribution in [0.3, 0.4) is 0 Å². The number of aliphatic carboxylic acids is 1. The summed E-state index contributed by atoms with van der Waals surface area (Å²) in [5, 5.41) is 18.9. The van der Waals surface area contributed by atoms with Gasteiger partial charge < -0.3 is 14.9 Å². The highest BCUT2D eigenvalue weighted by Crippen LogP contribution is 2.18. The topological polar surface area (TPSA) is 66.8 Å². The molecule has 1 rings (SSSR count). The van der Waals surface area contributed by atoms with Crippen LogP contribution in [0.25, 0.3) is 0 Å². The number of carboxylic acid groups (broad SMARTS) is 1. The van der Waals surface area contributed by atoms with Gasteiger partial charge in [-0.15, -0.1) is 0 Å². The largest absolute Gasteiger partial charge is 0.481 e. The molecule has 0 aliphatic heterocycles. The Bertz CT molecular complexity index is 503. The van der Waals surface area contributed by atoms with Crippen molar-refractivity contribution in [3.8, 4) is 0 Å². The molecule has 4 nitrogen and oxygen atoms in total. The minimum atomic E-state index is -0.706. The normalized spacial score (nSPS) is 13.3. The van der Waals surface area contributed by atoms with Crippen LogP contribution in [0.15, 0.2) is 30.3 Å². The molecule has 0 radical (unpaired) electrons. The number of rotatable bonds is 19. The summed E-state index contributed by atoms with van der Waals surface area (Å²) in [6, 6.07) is 10.3. The van der Waals surface area contributed by atoms with E-state index in [2.05, 4.69) is 19.1 Å². The molecular weight excluding hydrogens is 364 g/mol. The summed E-state index contributed by atoms with van der Waals surface area (Å²) in [6.07, 6.45) is 13.7. The van der Waals surface area contributed by atoms with Crippen molar-refractivity contribution in [1.82, 2.24) is 0 Å². The Kier molecular flexibility index (Phi) is 15.4. The van der Waals surface area contributed by atoms with E-state index < -0.39 is 5.97 Å². The Balaban J connectivity index is 2.28. The Hall–Kier alpha value is -1.39. The first-order chi connectivity index (χ1) is 14.1. The van der Waals surface area contributed by atoms with Gasteiger partial charge in [-0.05, 0) is 44.1 Å². The van der Waals surface area contributed by atoms with Crippen molar-refractivity contribution in [1.29, 1.82) is 0 Å². The van der Waals surface area contributed by atoms with Crippen molar-refractivity contribution in [2.75, 3.05) is 0 Å². The number of hydrogen-bond acceptors (Lipinski definition) is 3. The number of unbranched alkanes of at least 4 members (excludes halogenated alkanes) is 6. The van der Waals surface area contributed by atoms with E-state index in [0.717, 1.165) is 64.2 Å². The quantitative estimate of drug-likeness (QED) is 0.257. The molecule has 0 saturated carbocycles. The van der Waals surface area contributed by atoms with Gasteiger partial charge in [-0.3, -0.25) is 4.79 Å². The number of aliphatic hydroxyl groups excluding tert-OH is 1. The number of benzene rings is 1. The predicted octanol–water partition coefficient (Wildman–Crippen LogP) is 6.50. The first-order valence-corrected chi connectivity index (χ1v) is 11.7. The van der Waals surface area contributed by atoms with Gasteiger partial charge in [-0.2, -0.15) is 0 Å². The monoisotopic (exact) mass is 406 g/mol. The molecule has 0 aliphatic rings. The maximum absolute atomic E-state index is 10.6. The summed E-state index contributed by atoms with van der Waals surface area (Å²) in [4.78, 5) is 10.6. The van der Waals surface area contributed by atoms with Crippen LogP contribution in [0.1, 0.15) is 102 Å². The van der Waals surface area contributed by atoms with Gasteiger partial charge >= 0.3 is 5.97 Å². The van der Waals surface area contributed by atoms with Crippen LogP contribution in [-0.2, 0) is 16.1 Å². The molecule has 0 aliphatic carbocycles. The lowest BCUT2D eigenvalue weighted by molar-refractivity contribution is -0.137. The van der Waals surface area contributed by atoms with E-state index in [1.54, 1.807) is 0 Å². The molecule has 1 aromatic carbocycles. The fraction of sp³-hybridized carbons (Fsp3) is 0.720. The number of ether oxygens (including phenoxy) is 1. The molecule has 2 unspecified atom stereocenters. The molecule has 4 heteroatoms. The fourth-order valence-electron chi connectivity index (χ4n) is 3.63. The van der Waals surface area contributed by atoms with Crippen molar-refractivity contribution in [3.63, 3.8) is 0 Å². The van der Waals surface area contributed by atoms with Gasteiger partial charge in [0.1, 0.15) is 0 Å². The SMILES string of the molecule is CCCCCCC(O)CCCC(CCCCCCC(=O)O)OCc1ccccc1. The smallest absolute Gasteiger partial charge is 0.303 e. The van der Waals surface area contributed by atoms with Gasteiger partial charge in [0.15, 0.2) is 0 Å². The average Bonchev–Trinajstić information content (AvgIpc) is 2.72. The minimum absolute atomic E-state index is 0.183. The van der Waals surface area contributed by atoms with Crippen LogP contribution >= 0.6 is 0 Å². The average molecular weight is 407 g/mol. The summed E-state index contributed by atoms with van der Waals surface area (Å²) in [5.74, 6) is -0.706. The van der Waals surface area contributed by atoms with Crippen LogP contribution in [0, 0.1) is 0 Å². The third-order valence-electron chi connectivity index (χ3n) is 5.45. The molecule has 0 saturated heterocycles. The third kappa shape index (κ3) is 15.2. The summed E-state index contributed by atoms with van der Waals surface area (Å²) >= 11 is 0. The van der Waals surface area contributed by atoms with Crippen LogP contribution in [0.5, 0.6) is 0 Å². The molecule has 29 heavy (non-hydrogen) atoms. The van der Waals surface area contributed by atoms with E-state index in [9.17, 15) is 9.90 Å². The molecule has 0 heterocycles. The zero-order valence-electron chi connectivity index (χ0n) is 18.4. The Morgan fingerprint density at radius 1 is 0.862 bits per heavy atom. The fourth-order valence-corrected chi connectivity index (χ4v) is 3.63. The van der Waals surface area contributed by atoms with Gasteiger partial charge in [-0.25, -0.2) is 0 Å². The number of aliphatic hydroxyl groups is 1. The summed E-state index contributed by atoms with van der Waals surface area (Å²) in [6.45, 7) is 2.84. The maximum atomic E-state index is 10.6. The van der Waals surface area contributed by atoms with Crippen molar-refractivity contribution in [2.45, 2.75) is 116 Å². The van der Waals surface area contributed by atoms with Gasteiger partial charge in [0, 0.05) is 6.42 Å². The Morgan fingerprint density at radius 2 is 1.48 bits per heavy atom. The predicted molar refractivity (Wildman–Crippen MR) is 119 cm³/mol. The molecular formula is C25H42O4. The second kappa shape index (κ2) is 17.5. The first-order valence-electron chi connectivity index (χ1n) is 11.7. The van der Waals surface area contributed by atoms with E-state index in [-0.39, 0.29) is 18.6 Å². The van der Waals surface area contributed by atoms with Crippen molar-refractivity contribution < 1.29 is 19.7 Å². The van der Waals surface area contributed by atoms with Crippen molar-refractivity contribution >= 4 is 5.97 Å². The standard InChI is InChI=1S/C25H42O4/c1-2-3-4-10-16-23(26)17-13-19-24(18-11-5-6-12-20-25(27)28)29-21-22-14-8-7-9-15-22/h7-9,14-15,23-24,26H,2-6,10-13,16-21H2,1H3,(H,27,28). The van der Waals surface area contributed by atoms with Gasteiger partial charge in [-0.1, -0.05) is 82.2 Å². The van der Waals surface area contributed by atoms with Crippen LogP contribution in [0.2, 0.25) is 0 Å². The second-order valence-electron chi connectivity index (χ2n) is 8.20. The molecule has 0 aromatic heterocycles. The zero-order valence-corrected chi connectivity index (χ0v) is 18.4. The van der Waals surface area contributed by atoms with Gasteiger partial charge in [0.2, 0.25) is 0 Å². The van der Waals surface area contributed by atoms with E-state index in [1.807, 2.05) is 18.2 Å². The third-order valence-corrected chi connectivity index (χ3v) is 5.45. The van der Waals surface area contributed by atoms with Crippen LogP contribution < -0.4 is 0 Å². The highest BCUT2D eigenvalue weighted by atomic mass is 16.5. The second-order valence-corrected chi connectivity index (χ2v) is 8.20. The summed E-state index contributed by atoms with van der Waals surface area (Å²) in [5.41, 5.74) is 1.19. The summed E-state index contributed by atoms with van der Waals surface area (Å²) < 4.78 is 6.19. The molecule has 0 amide bonds. The summed E-state index contributed by atoms with van der Waals surface area (Å²) in [7, 11) is 0. The Morgan fingerprint density at radius 3 is 2.21 bits per heavy atom. The lowest BCUT2D eigenvalue weighted by atomic mass is 10.0. The minimum Gasteiger partial charge on any atom is -0.481 e. The van der Waals surface area contributed by atoms with Crippen LogP contribution in [0.4, 0.5) is 0 Å². The van der Waals surface area contributed by atoms with Gasteiger partial charge in [0.05, 0.1) is 18.8 Å². The lowest BCUT2D eigenvalue weighted by Gasteiger charge is -2.19. The molecule has 2 N–H and O–H groups in total. The number of carboxylic acids is 1. The zero-order chi connectivity index (χ0) is 21.2. The van der Waals surface area contributed by atoms with E-state index >= 15 is 0 Å². The lowest BCUT2D eigenvalue weighted by Crippen LogP contribution is -2.15. The van der Waals surface area contributed by atoms with Gasteiger partial charge in [0.25, 0.3) is 0 Å². The van der Waals surface area contributed by atoms with E-state index in [1.165, 1.54) is 24.8 Å². The van der Waals surface area contributed by atoms with E-state index in [0.29, 0.717) is 6.61 Å². The molecule has 2 atom stereocenters. The highest BCUT2D eigenvalue weighted by molar-refractivity contribution is 5.66. The molecule has 0 spiro atoms. The molecule has 1 aromatic rings. The maximum Gasteiger partial charge on any atom is 0.303 e. The molecule has 0 fully saturated rings. The Labute approximate surface area is 177 Å². The molecule has 166 valence electrons. The first kappa shape index (κ1) is 25.6. The van der Waals surface area contributed by atoms with Crippen LogP contribution in [-0.4, -0.2) is 28.4 Å². The number of carbonyl (C=O) groups is 1. The molecule has 0 bridgehead atoms.